The van der Waals surface area contributed by atoms with E-state index >= 15 is 0 Å². The molecule has 6 heteroatoms. The third kappa shape index (κ3) is 5.39. The summed E-state index contributed by atoms with van der Waals surface area (Å²) in [6.07, 6.45) is 0.184. The normalized spacial score (nSPS) is 13.4. The van der Waals surface area contributed by atoms with Crippen LogP contribution in [0.3, 0.4) is 0 Å². The minimum Gasteiger partial charge on any atom is -0.480 e. The van der Waals surface area contributed by atoms with Crippen molar-refractivity contribution in [3.8, 4) is 0 Å². The van der Waals surface area contributed by atoms with Gasteiger partial charge in [-0.25, -0.2) is 0 Å². The Kier molecular flexibility index (Phi) is 7.33. The van der Waals surface area contributed by atoms with E-state index in [-0.39, 0.29) is 13.2 Å². The molecule has 0 aliphatic rings. The monoisotopic (exact) mass is 375 g/mol. The van der Waals surface area contributed by atoms with Gasteiger partial charge in [0.1, 0.15) is 19.0 Å². The van der Waals surface area contributed by atoms with Crippen molar-refractivity contribution >= 4 is 23.9 Å². The highest BCUT2D eigenvalue weighted by Gasteiger charge is 2.30. The number of aldehydes is 1. The van der Waals surface area contributed by atoms with Gasteiger partial charge in [0.05, 0.1) is 12.6 Å². The Morgan fingerprint density at radius 1 is 1.15 bits per heavy atom. The van der Waals surface area contributed by atoms with E-state index in [1.165, 1.54) is 0 Å². The smallest absolute Gasteiger partial charge is 0.317 e. The first-order valence-corrected chi connectivity index (χ1v) is 8.59. The number of rotatable bonds is 9. The Hall–Kier alpha value is -2.21. The highest BCUT2D eigenvalue weighted by Crippen LogP contribution is 2.36. The Labute approximate surface area is 158 Å². The molecule has 0 bridgehead atoms. The second-order valence-electron chi connectivity index (χ2n) is 6.14. The Bertz CT molecular complexity index is 730. The fourth-order valence-corrected chi connectivity index (χ4v) is 3.03. The molecule has 2 atom stereocenters. The van der Waals surface area contributed by atoms with Crippen LogP contribution in [0.25, 0.3) is 0 Å². The molecule has 138 valence electrons. The number of carboxylic acids is 1. The Morgan fingerprint density at radius 2 is 1.73 bits per heavy atom. The average Bonchev–Trinajstić information content (AvgIpc) is 2.60. The van der Waals surface area contributed by atoms with Crippen LogP contribution in [0.2, 0.25) is 5.02 Å². The minimum atomic E-state index is -0.940. The summed E-state index contributed by atoms with van der Waals surface area (Å²) in [5.41, 5.74) is 2.83. The fraction of sp³-hybridized carbons (Fsp3) is 0.300. The SMILES string of the molecule is Cc1ccc(C(OCC=O)C(c2ccc(Cl)cc2)N(C)CC(=O)O)cc1. The molecule has 0 spiro atoms. The van der Waals surface area contributed by atoms with Crippen molar-refractivity contribution in [1.82, 2.24) is 4.90 Å². The van der Waals surface area contributed by atoms with E-state index < -0.39 is 18.1 Å². The van der Waals surface area contributed by atoms with Gasteiger partial charge in [-0.05, 0) is 37.2 Å². The van der Waals surface area contributed by atoms with Crippen molar-refractivity contribution in [2.45, 2.75) is 19.1 Å². The molecule has 0 saturated heterocycles. The summed E-state index contributed by atoms with van der Waals surface area (Å²) in [5, 5.41) is 9.82. The number of halogens is 1. The lowest BCUT2D eigenvalue weighted by Crippen LogP contribution is -2.35. The number of nitrogens with zero attached hydrogens (tertiary/aromatic N) is 1. The van der Waals surface area contributed by atoms with Crippen molar-refractivity contribution in [2.24, 2.45) is 0 Å². The van der Waals surface area contributed by atoms with E-state index in [2.05, 4.69) is 0 Å². The van der Waals surface area contributed by atoms with Crippen LogP contribution in [0.15, 0.2) is 48.5 Å². The zero-order valence-electron chi connectivity index (χ0n) is 14.8. The van der Waals surface area contributed by atoms with Gasteiger partial charge < -0.3 is 14.6 Å². The molecule has 0 radical (unpaired) electrons. The van der Waals surface area contributed by atoms with Gasteiger partial charge in [-0.2, -0.15) is 0 Å². The van der Waals surface area contributed by atoms with E-state index in [0.29, 0.717) is 11.3 Å². The summed E-state index contributed by atoms with van der Waals surface area (Å²) in [4.78, 5) is 23.8. The van der Waals surface area contributed by atoms with Gasteiger partial charge in [0.2, 0.25) is 0 Å². The number of aliphatic carboxylic acids is 1. The predicted molar refractivity (Wildman–Crippen MR) is 100 cm³/mol. The lowest BCUT2D eigenvalue weighted by atomic mass is 9.93. The predicted octanol–water partition coefficient (Wildman–Crippen LogP) is 3.66. The molecular formula is C20H22ClNO4. The lowest BCUT2D eigenvalue weighted by Gasteiger charge is -2.34. The van der Waals surface area contributed by atoms with Crippen molar-refractivity contribution in [3.05, 3.63) is 70.2 Å². The first-order chi connectivity index (χ1) is 12.4. The summed E-state index contributed by atoms with van der Waals surface area (Å²) in [5.74, 6) is -0.940. The van der Waals surface area contributed by atoms with Crippen LogP contribution in [0, 0.1) is 6.92 Å². The molecule has 0 aromatic heterocycles. The number of hydrogen-bond acceptors (Lipinski definition) is 4. The van der Waals surface area contributed by atoms with Crippen LogP contribution in [0.1, 0.15) is 28.8 Å². The van der Waals surface area contributed by atoms with Gasteiger partial charge in [0, 0.05) is 5.02 Å². The number of carboxylic acid groups (broad SMARTS) is 1. The van der Waals surface area contributed by atoms with Crippen LogP contribution in [-0.2, 0) is 14.3 Å². The van der Waals surface area contributed by atoms with Crippen LogP contribution < -0.4 is 0 Å². The first-order valence-electron chi connectivity index (χ1n) is 8.21. The number of hydrogen-bond donors (Lipinski definition) is 1. The largest absolute Gasteiger partial charge is 0.480 e. The maximum atomic E-state index is 11.3. The molecule has 2 rings (SSSR count). The molecule has 0 amide bonds. The third-order valence-corrected chi connectivity index (χ3v) is 4.36. The van der Waals surface area contributed by atoms with Crippen LogP contribution >= 0.6 is 11.6 Å². The first kappa shape index (κ1) is 20.1. The van der Waals surface area contributed by atoms with Crippen molar-refractivity contribution in [2.75, 3.05) is 20.2 Å². The molecule has 0 aliphatic heterocycles. The van der Waals surface area contributed by atoms with E-state index in [9.17, 15) is 14.7 Å². The molecular weight excluding hydrogens is 354 g/mol. The summed E-state index contributed by atoms with van der Waals surface area (Å²) in [7, 11) is 1.72. The maximum absolute atomic E-state index is 11.3. The lowest BCUT2D eigenvalue weighted by molar-refractivity contribution is -0.139. The molecule has 0 saturated carbocycles. The zero-order valence-corrected chi connectivity index (χ0v) is 15.5. The minimum absolute atomic E-state index is 0.0798. The molecule has 0 fully saturated rings. The summed E-state index contributed by atoms with van der Waals surface area (Å²) < 4.78 is 5.83. The quantitative estimate of drug-likeness (QED) is 0.677. The summed E-state index contributed by atoms with van der Waals surface area (Å²) in [6, 6.07) is 14.6. The van der Waals surface area contributed by atoms with Gasteiger partial charge >= 0.3 is 5.97 Å². The number of carbonyl (C=O) groups excluding carboxylic acids is 1. The Morgan fingerprint density at radius 3 is 2.27 bits per heavy atom. The van der Waals surface area contributed by atoms with Crippen molar-refractivity contribution < 1.29 is 19.4 Å². The number of benzene rings is 2. The molecule has 0 heterocycles. The van der Waals surface area contributed by atoms with Gasteiger partial charge in [-0.1, -0.05) is 53.6 Å². The second-order valence-corrected chi connectivity index (χ2v) is 6.57. The number of carbonyl (C=O) groups is 2. The molecule has 26 heavy (non-hydrogen) atoms. The molecule has 2 aromatic rings. The molecule has 5 nitrogen and oxygen atoms in total. The summed E-state index contributed by atoms with van der Waals surface area (Å²) in [6.45, 7) is 1.74. The van der Waals surface area contributed by atoms with Gasteiger partial charge in [0.25, 0.3) is 0 Å². The standard InChI is InChI=1S/C20H22ClNO4/c1-14-3-5-16(6-4-14)20(26-12-11-23)19(22(2)13-18(24)25)15-7-9-17(21)10-8-15/h3-11,19-20H,12-13H2,1-2H3,(H,24,25). The van der Waals surface area contributed by atoms with Crippen LogP contribution in [0.4, 0.5) is 0 Å². The number of ether oxygens (including phenoxy) is 1. The highest BCUT2D eigenvalue weighted by molar-refractivity contribution is 6.30. The van der Waals surface area contributed by atoms with Crippen LogP contribution in [0.5, 0.6) is 0 Å². The molecule has 1 N–H and O–H groups in total. The van der Waals surface area contributed by atoms with E-state index in [1.54, 1.807) is 24.1 Å². The zero-order chi connectivity index (χ0) is 19.1. The van der Waals surface area contributed by atoms with Crippen molar-refractivity contribution in [1.29, 1.82) is 0 Å². The molecule has 2 aromatic carbocycles. The maximum Gasteiger partial charge on any atom is 0.317 e. The fourth-order valence-electron chi connectivity index (χ4n) is 2.90. The van der Waals surface area contributed by atoms with Gasteiger partial charge in [0.15, 0.2) is 0 Å². The highest BCUT2D eigenvalue weighted by atomic mass is 35.5. The summed E-state index contributed by atoms with van der Waals surface area (Å²) >= 11 is 5.99. The Balaban J connectivity index is 2.48. The van der Waals surface area contributed by atoms with Crippen molar-refractivity contribution in [3.63, 3.8) is 0 Å². The third-order valence-electron chi connectivity index (χ3n) is 4.11. The second kappa shape index (κ2) is 9.48. The molecule has 0 aliphatic carbocycles. The average molecular weight is 376 g/mol. The topological polar surface area (TPSA) is 66.8 Å². The molecule has 2 unspecified atom stereocenters. The van der Waals surface area contributed by atoms with E-state index in [0.717, 1.165) is 16.7 Å². The van der Waals surface area contributed by atoms with Crippen LogP contribution in [-0.4, -0.2) is 42.5 Å². The van der Waals surface area contributed by atoms with Gasteiger partial charge in [-0.15, -0.1) is 0 Å². The number of aryl methyl sites for hydroxylation is 1. The number of likely N-dealkylation sites (N-methyl/N-ethyl adjacent to an activating group) is 1. The van der Waals surface area contributed by atoms with Gasteiger partial charge in [-0.3, -0.25) is 9.69 Å². The van der Waals surface area contributed by atoms with E-state index in [4.69, 9.17) is 16.3 Å². The van der Waals surface area contributed by atoms with E-state index in [1.807, 2.05) is 43.3 Å².